The lowest BCUT2D eigenvalue weighted by atomic mass is 10.5. The lowest BCUT2D eigenvalue weighted by molar-refractivity contribution is 0.235. The van der Waals surface area contributed by atoms with Gasteiger partial charge in [0.1, 0.15) is 0 Å². The van der Waals surface area contributed by atoms with Gasteiger partial charge >= 0.3 is 15.3 Å². The third kappa shape index (κ3) is 12.9. The number of hydrogen-bond acceptors (Lipinski definition) is 9. The Morgan fingerprint density at radius 3 is 1.09 bits per heavy atom. The largest absolute Gasteiger partial charge is 0.347 e. The molecule has 0 spiro atoms. The van der Waals surface area contributed by atoms with E-state index >= 15 is 0 Å². The molecule has 1 rings (SSSR count). The average molecular weight is 1030 g/mol. The van der Waals surface area contributed by atoms with Crippen molar-refractivity contribution < 1.29 is 18.1 Å². The predicted molar refractivity (Wildman–Crippen MR) is 166 cm³/mol. The van der Waals surface area contributed by atoms with E-state index in [0.717, 1.165) is 0 Å². The lowest BCUT2D eigenvalue weighted by Crippen LogP contribution is -2.17. The first-order valence-corrected chi connectivity index (χ1v) is 21.9. The molecule has 0 radical (unpaired) electrons. The number of nitrogens with zero attached hydrogens (tertiary/aromatic N) is 3. The fraction of sp³-hybridized carbons (Fsp3) is 1.00. The van der Waals surface area contributed by atoms with Crippen molar-refractivity contribution >= 4 is 150 Å². The molecule has 20 heteroatoms. The Morgan fingerprint density at radius 1 is 0.531 bits per heavy atom. The summed E-state index contributed by atoms with van der Waals surface area (Å²) in [6, 6.07) is 0. The smallest absolute Gasteiger partial charge is 0.305 e. The molecule has 1 aliphatic rings. The van der Waals surface area contributed by atoms with Crippen LogP contribution in [-0.4, -0.2) is 67.1 Å². The second-order valence-corrected chi connectivity index (χ2v) is 20.5. The Balaban J connectivity index is 3.51. The van der Waals surface area contributed by atoms with Gasteiger partial charge < -0.3 is 18.1 Å². The Morgan fingerprint density at radius 2 is 0.812 bits per heavy atom. The van der Waals surface area contributed by atoms with E-state index in [4.69, 9.17) is 33.6 Å². The van der Waals surface area contributed by atoms with Crippen LogP contribution < -0.4 is 11.0 Å². The van der Waals surface area contributed by atoms with Crippen LogP contribution in [0.3, 0.4) is 0 Å². The van der Waals surface area contributed by atoms with Crippen molar-refractivity contribution in [3.8, 4) is 0 Å². The molecular weight excluding hydrogens is 1010 g/mol. The second-order valence-electron chi connectivity index (χ2n) is 6.14. The molecule has 0 bridgehead atoms. The Bertz CT molecular complexity index is 680. The zero-order valence-electron chi connectivity index (χ0n) is 16.5. The fourth-order valence-corrected chi connectivity index (χ4v) is 12.6. The van der Waals surface area contributed by atoms with Crippen LogP contribution in [0.5, 0.6) is 0 Å². The standard InChI is InChI=1S/C12H24Br8N5O4P3/c13-1-9(17)5-26-31(27-6-10(18)2-14)23-30(21,22)24-32(25-31,28-7-11(19)3-15)29-8-12(20)4-16/h9-12H,1-8,21-22H2. The van der Waals surface area contributed by atoms with E-state index in [1.54, 1.807) is 0 Å². The van der Waals surface area contributed by atoms with Crippen molar-refractivity contribution in [2.75, 3.05) is 47.7 Å². The first kappa shape index (κ1) is 34.3. The van der Waals surface area contributed by atoms with Gasteiger partial charge in [-0.25, -0.2) is 0 Å². The third-order valence-corrected chi connectivity index (χ3v) is 19.9. The van der Waals surface area contributed by atoms with Crippen molar-refractivity contribution in [1.82, 2.24) is 0 Å². The summed E-state index contributed by atoms with van der Waals surface area (Å²) in [4.78, 5) is 0.00620. The van der Waals surface area contributed by atoms with Gasteiger partial charge in [-0.05, 0) is 0 Å². The maximum absolute atomic E-state index is 6.33. The molecule has 0 aromatic carbocycles. The summed E-state index contributed by atoms with van der Waals surface area (Å²) < 4.78 is 38.4. The van der Waals surface area contributed by atoms with Gasteiger partial charge in [0, 0.05) is 40.6 Å². The lowest BCUT2D eigenvalue weighted by Gasteiger charge is -2.32. The second kappa shape index (κ2) is 17.1. The van der Waals surface area contributed by atoms with Crippen LogP contribution in [0.1, 0.15) is 0 Å². The predicted octanol–water partition coefficient (Wildman–Crippen LogP) is 8.46. The molecule has 1 aliphatic heterocycles. The summed E-state index contributed by atoms with van der Waals surface area (Å²) in [5.41, 5.74) is 12.7. The molecule has 32 heavy (non-hydrogen) atoms. The quantitative estimate of drug-likeness (QED) is 0.118. The highest BCUT2D eigenvalue weighted by atomic mass is 79.9. The molecule has 0 saturated heterocycles. The normalized spacial score (nSPS) is 28.7. The zero-order chi connectivity index (χ0) is 24.4. The van der Waals surface area contributed by atoms with Gasteiger partial charge in [0.05, 0.1) is 26.4 Å². The van der Waals surface area contributed by atoms with Gasteiger partial charge in [-0.3, -0.25) is 11.0 Å². The van der Waals surface area contributed by atoms with Crippen LogP contribution in [0, 0.1) is 0 Å². The van der Waals surface area contributed by atoms with Crippen LogP contribution in [0.4, 0.5) is 0 Å². The number of halogens is 8. The third-order valence-electron chi connectivity index (χ3n) is 3.10. The minimum absolute atomic E-state index is 0.00155. The van der Waals surface area contributed by atoms with Crippen LogP contribution in [0.25, 0.3) is 0 Å². The van der Waals surface area contributed by atoms with E-state index < -0.39 is 22.8 Å². The molecule has 4 unspecified atom stereocenters. The van der Waals surface area contributed by atoms with Crippen LogP contribution in [-0.2, 0) is 18.1 Å². The monoisotopic (exact) mass is 1030 g/mol. The topological polar surface area (TPSA) is 126 Å². The molecule has 4 N–H and O–H groups in total. The molecule has 4 atom stereocenters. The number of alkyl halides is 8. The summed E-state index contributed by atoms with van der Waals surface area (Å²) in [7, 11) is -9.82. The summed E-state index contributed by atoms with van der Waals surface area (Å²) in [6.07, 6.45) is 0. The van der Waals surface area contributed by atoms with Gasteiger partial charge in [0.15, 0.2) is 0 Å². The van der Waals surface area contributed by atoms with E-state index in [-0.39, 0.29) is 45.7 Å². The Labute approximate surface area is 256 Å². The molecule has 0 aromatic rings. The number of rotatable bonds is 16. The zero-order valence-corrected chi connectivity index (χ0v) is 31.8. The summed E-state index contributed by atoms with van der Waals surface area (Å²) in [6.45, 7) is 1.05. The van der Waals surface area contributed by atoms with Crippen LogP contribution in [0.15, 0.2) is 13.5 Å². The Kier molecular flexibility index (Phi) is 18.3. The molecular formula is C12H24Br8N5O4P3. The van der Waals surface area contributed by atoms with E-state index in [1.165, 1.54) is 0 Å². The first-order chi connectivity index (χ1) is 14.9. The minimum Gasteiger partial charge on any atom is -0.305 e. The van der Waals surface area contributed by atoms with Gasteiger partial charge in [-0.2, -0.15) is 9.03 Å². The highest BCUT2D eigenvalue weighted by molar-refractivity contribution is 9.13. The Hall–Kier alpha value is 4.29. The van der Waals surface area contributed by atoms with Crippen molar-refractivity contribution in [2.24, 2.45) is 24.6 Å². The highest BCUT2D eigenvalue weighted by Gasteiger charge is 2.40. The van der Waals surface area contributed by atoms with Crippen molar-refractivity contribution in [2.45, 2.75) is 19.3 Å². The van der Waals surface area contributed by atoms with E-state index in [9.17, 15) is 0 Å². The van der Waals surface area contributed by atoms with Crippen molar-refractivity contribution in [3.05, 3.63) is 0 Å². The highest BCUT2D eigenvalue weighted by Crippen LogP contribution is 2.76. The van der Waals surface area contributed by atoms with Crippen molar-refractivity contribution in [1.29, 1.82) is 0 Å². The van der Waals surface area contributed by atoms with E-state index in [0.29, 0.717) is 21.3 Å². The van der Waals surface area contributed by atoms with Crippen LogP contribution >= 0.6 is 150 Å². The minimum atomic E-state index is -3.30. The van der Waals surface area contributed by atoms with Gasteiger partial charge in [-0.1, -0.05) is 127 Å². The average Bonchev–Trinajstić information content (AvgIpc) is 2.76. The van der Waals surface area contributed by atoms with Crippen LogP contribution in [0.2, 0.25) is 0 Å². The molecule has 0 aromatic heterocycles. The maximum Gasteiger partial charge on any atom is 0.347 e. The first-order valence-electron chi connectivity index (χ1n) is 8.81. The van der Waals surface area contributed by atoms with Gasteiger partial charge in [-0.15, -0.1) is 4.52 Å². The summed E-state index contributed by atoms with van der Waals surface area (Å²) >= 11 is 27.8. The fourth-order valence-electron chi connectivity index (χ4n) is 1.73. The molecule has 0 fully saturated rings. The number of hydrogen-bond donors (Lipinski definition) is 2. The van der Waals surface area contributed by atoms with Crippen molar-refractivity contribution in [3.63, 3.8) is 0 Å². The number of nitrogens with two attached hydrogens (primary N) is 2. The molecule has 1 heterocycles. The molecule has 0 saturated carbocycles. The van der Waals surface area contributed by atoms with Gasteiger partial charge in [0.2, 0.25) is 7.51 Å². The summed E-state index contributed by atoms with van der Waals surface area (Å²) in [5, 5.41) is 2.63. The van der Waals surface area contributed by atoms with E-state index in [2.05, 4.69) is 136 Å². The van der Waals surface area contributed by atoms with Gasteiger partial charge in [0.25, 0.3) is 0 Å². The molecule has 0 aliphatic carbocycles. The van der Waals surface area contributed by atoms with E-state index in [1.807, 2.05) is 0 Å². The SMILES string of the molecule is NP1(N)=NP(OCC(Br)CBr)(OCC(Br)CBr)=NP(OCC(Br)CBr)(OCC(Br)CBr)=N1. The molecule has 9 nitrogen and oxygen atoms in total. The summed E-state index contributed by atoms with van der Waals surface area (Å²) in [5.74, 6) is 0. The molecule has 0 amide bonds. The molecule has 192 valence electrons. The maximum atomic E-state index is 6.33.